The van der Waals surface area contributed by atoms with Gasteiger partial charge in [-0.3, -0.25) is 4.79 Å². The van der Waals surface area contributed by atoms with E-state index in [-0.39, 0.29) is 17.1 Å². The van der Waals surface area contributed by atoms with Crippen molar-refractivity contribution in [2.45, 2.75) is 25.3 Å². The van der Waals surface area contributed by atoms with Crippen LogP contribution < -0.4 is 11.1 Å². The SMILES string of the molecule is C=C(C[C@H](NC(=O)c1ccc(CCc2ccc3nc(N)ncc3c2)cc1)C(=O)O)C(=O)O. The summed E-state index contributed by atoms with van der Waals surface area (Å²) in [5.41, 5.74) is 8.47. The van der Waals surface area contributed by atoms with E-state index in [4.69, 9.17) is 10.8 Å². The zero-order valence-corrected chi connectivity index (χ0v) is 17.1. The molecule has 0 saturated heterocycles. The molecule has 3 rings (SSSR count). The van der Waals surface area contributed by atoms with E-state index in [2.05, 4.69) is 21.9 Å². The van der Waals surface area contributed by atoms with Gasteiger partial charge in [-0.2, -0.15) is 0 Å². The second-order valence-corrected chi connectivity index (χ2v) is 7.30. The molecule has 2 aromatic carbocycles. The van der Waals surface area contributed by atoms with E-state index in [1.165, 1.54) is 0 Å². The summed E-state index contributed by atoms with van der Waals surface area (Å²) in [5, 5.41) is 21.4. The zero-order valence-electron chi connectivity index (χ0n) is 17.1. The average Bonchev–Trinajstić information content (AvgIpc) is 2.77. The lowest BCUT2D eigenvalue weighted by molar-refractivity contribution is -0.139. The van der Waals surface area contributed by atoms with Gasteiger partial charge < -0.3 is 21.3 Å². The molecule has 164 valence electrons. The minimum Gasteiger partial charge on any atom is -0.480 e. The van der Waals surface area contributed by atoms with Crippen LogP contribution in [0.4, 0.5) is 5.95 Å². The number of nitrogens with zero attached hydrogens (tertiary/aromatic N) is 2. The van der Waals surface area contributed by atoms with Crippen LogP contribution in [0.1, 0.15) is 27.9 Å². The van der Waals surface area contributed by atoms with Crippen LogP contribution in [0.5, 0.6) is 0 Å². The van der Waals surface area contributed by atoms with Crippen LogP contribution in [0.15, 0.2) is 60.8 Å². The van der Waals surface area contributed by atoms with Gasteiger partial charge >= 0.3 is 11.9 Å². The van der Waals surface area contributed by atoms with Gasteiger partial charge in [0.15, 0.2) is 0 Å². The van der Waals surface area contributed by atoms with E-state index in [1.54, 1.807) is 30.5 Å². The number of carboxylic acids is 2. The minimum atomic E-state index is -1.38. The number of amides is 1. The van der Waals surface area contributed by atoms with Crippen molar-refractivity contribution in [2.24, 2.45) is 0 Å². The predicted molar refractivity (Wildman–Crippen MR) is 118 cm³/mol. The molecule has 0 saturated carbocycles. The highest BCUT2D eigenvalue weighted by Crippen LogP contribution is 2.16. The summed E-state index contributed by atoms with van der Waals surface area (Å²) < 4.78 is 0. The van der Waals surface area contributed by atoms with Crippen molar-refractivity contribution < 1.29 is 24.6 Å². The fourth-order valence-electron chi connectivity index (χ4n) is 3.14. The van der Waals surface area contributed by atoms with Crippen LogP contribution in [-0.2, 0) is 22.4 Å². The quantitative estimate of drug-likeness (QED) is 0.374. The largest absolute Gasteiger partial charge is 0.480 e. The zero-order chi connectivity index (χ0) is 23.3. The number of nitrogens with two attached hydrogens (primary N) is 1. The number of rotatable bonds is 9. The molecule has 9 nitrogen and oxygen atoms in total. The summed E-state index contributed by atoms with van der Waals surface area (Å²) in [6.07, 6.45) is 2.80. The number of fused-ring (bicyclic) bond motifs is 1. The van der Waals surface area contributed by atoms with E-state index >= 15 is 0 Å². The molecule has 0 aliphatic rings. The molecule has 0 bridgehead atoms. The van der Waals surface area contributed by atoms with Gasteiger partial charge in [0, 0.05) is 29.1 Å². The third-order valence-electron chi connectivity index (χ3n) is 4.94. The first kappa shape index (κ1) is 22.4. The molecular formula is C23H22N4O5. The molecule has 9 heteroatoms. The van der Waals surface area contributed by atoms with Crippen LogP contribution in [0, 0.1) is 0 Å². The highest BCUT2D eigenvalue weighted by molar-refractivity contribution is 5.97. The Hall–Kier alpha value is -4.27. The van der Waals surface area contributed by atoms with Gasteiger partial charge in [-0.25, -0.2) is 19.6 Å². The molecule has 0 aliphatic carbocycles. The number of hydrogen-bond donors (Lipinski definition) is 4. The molecule has 1 amide bonds. The van der Waals surface area contributed by atoms with Gasteiger partial charge in [-0.15, -0.1) is 0 Å². The van der Waals surface area contributed by atoms with Crippen molar-refractivity contribution in [1.82, 2.24) is 15.3 Å². The molecular weight excluding hydrogens is 412 g/mol. The maximum Gasteiger partial charge on any atom is 0.331 e. The van der Waals surface area contributed by atoms with Crippen molar-refractivity contribution >= 4 is 34.7 Å². The lowest BCUT2D eigenvalue weighted by Gasteiger charge is -2.14. The molecule has 0 unspecified atom stereocenters. The van der Waals surface area contributed by atoms with Crippen molar-refractivity contribution in [3.05, 3.63) is 77.5 Å². The monoisotopic (exact) mass is 434 g/mol. The Bertz CT molecular complexity index is 1190. The van der Waals surface area contributed by atoms with Crippen LogP contribution in [-0.4, -0.2) is 44.1 Å². The molecule has 0 aliphatic heterocycles. The van der Waals surface area contributed by atoms with Gasteiger partial charge in [0.1, 0.15) is 6.04 Å². The number of aryl methyl sites for hydroxylation is 2. The van der Waals surface area contributed by atoms with Crippen LogP contribution >= 0.6 is 0 Å². The number of anilines is 1. The van der Waals surface area contributed by atoms with Crippen molar-refractivity contribution in [3.63, 3.8) is 0 Å². The summed E-state index contributed by atoms with van der Waals surface area (Å²) in [5.74, 6) is -3.01. The van der Waals surface area contributed by atoms with Gasteiger partial charge in [-0.05, 0) is 48.2 Å². The molecule has 5 N–H and O–H groups in total. The maximum atomic E-state index is 12.4. The smallest absolute Gasteiger partial charge is 0.331 e. The average molecular weight is 434 g/mol. The number of carbonyl (C=O) groups is 3. The molecule has 3 aromatic rings. The van der Waals surface area contributed by atoms with Gasteiger partial charge in [-0.1, -0.05) is 24.8 Å². The summed E-state index contributed by atoms with van der Waals surface area (Å²) >= 11 is 0. The third kappa shape index (κ3) is 5.66. The van der Waals surface area contributed by atoms with Crippen molar-refractivity contribution in [2.75, 3.05) is 5.73 Å². The Kier molecular flexibility index (Phi) is 6.79. The van der Waals surface area contributed by atoms with E-state index in [0.29, 0.717) is 0 Å². The fourth-order valence-corrected chi connectivity index (χ4v) is 3.14. The second kappa shape index (κ2) is 9.69. The first-order chi connectivity index (χ1) is 15.2. The standard InChI is InChI=1S/C23H22N4O5/c1-13(21(29)30)10-19(22(31)32)26-20(28)16-7-4-14(5-8-16)2-3-15-6-9-18-17(11-15)12-25-23(24)27-18/h4-9,11-12,19H,1-3,10H2,(H,26,28)(H,29,30)(H,31,32)(H2,24,25,27)/t19-/m0/s1. The van der Waals surface area contributed by atoms with E-state index < -0.39 is 30.3 Å². The van der Waals surface area contributed by atoms with E-state index in [0.717, 1.165) is 34.9 Å². The Morgan fingerprint density at radius 1 is 1.03 bits per heavy atom. The highest BCUT2D eigenvalue weighted by Gasteiger charge is 2.23. The van der Waals surface area contributed by atoms with Gasteiger partial charge in [0.25, 0.3) is 5.91 Å². The Morgan fingerprint density at radius 2 is 1.69 bits per heavy atom. The Balaban J connectivity index is 1.61. The number of nitrogens with one attached hydrogen (secondary N) is 1. The lowest BCUT2D eigenvalue weighted by atomic mass is 10.0. The number of aromatic nitrogens is 2. The molecule has 0 radical (unpaired) electrons. The highest BCUT2D eigenvalue weighted by atomic mass is 16.4. The van der Waals surface area contributed by atoms with Gasteiger partial charge in [0.05, 0.1) is 5.52 Å². The number of hydrogen-bond acceptors (Lipinski definition) is 6. The van der Waals surface area contributed by atoms with E-state index in [9.17, 15) is 19.5 Å². The topological polar surface area (TPSA) is 156 Å². The molecule has 0 spiro atoms. The minimum absolute atomic E-state index is 0.232. The summed E-state index contributed by atoms with van der Waals surface area (Å²) in [6.45, 7) is 3.31. The Morgan fingerprint density at radius 3 is 2.34 bits per heavy atom. The first-order valence-electron chi connectivity index (χ1n) is 9.78. The third-order valence-corrected chi connectivity index (χ3v) is 4.94. The molecule has 1 aromatic heterocycles. The number of carbonyl (C=O) groups excluding carboxylic acids is 1. The predicted octanol–water partition coefficient (Wildman–Crippen LogP) is 2.21. The number of nitrogen functional groups attached to an aromatic ring is 1. The second-order valence-electron chi connectivity index (χ2n) is 7.30. The van der Waals surface area contributed by atoms with Crippen LogP contribution in [0.3, 0.4) is 0 Å². The maximum absolute atomic E-state index is 12.4. The molecule has 32 heavy (non-hydrogen) atoms. The summed E-state index contributed by atoms with van der Waals surface area (Å²) in [4.78, 5) is 42.8. The number of benzene rings is 2. The fraction of sp³-hybridized carbons (Fsp3) is 0.174. The number of aliphatic carboxylic acids is 2. The lowest BCUT2D eigenvalue weighted by Crippen LogP contribution is -2.41. The van der Waals surface area contributed by atoms with E-state index in [1.807, 2.05) is 18.2 Å². The van der Waals surface area contributed by atoms with Crippen molar-refractivity contribution in [1.29, 1.82) is 0 Å². The van der Waals surface area contributed by atoms with Gasteiger partial charge in [0.2, 0.25) is 5.95 Å². The van der Waals surface area contributed by atoms with Crippen molar-refractivity contribution in [3.8, 4) is 0 Å². The molecule has 1 atom stereocenters. The number of carboxylic acid groups (broad SMARTS) is 2. The summed E-state index contributed by atoms with van der Waals surface area (Å²) in [6, 6.07) is 11.3. The van der Waals surface area contributed by atoms with Crippen LogP contribution in [0.25, 0.3) is 10.9 Å². The Labute approximate surface area is 183 Å². The van der Waals surface area contributed by atoms with Crippen LogP contribution in [0.2, 0.25) is 0 Å². The summed E-state index contributed by atoms with van der Waals surface area (Å²) in [7, 11) is 0. The molecule has 0 fully saturated rings. The normalized spacial score (nSPS) is 11.6. The molecule has 1 heterocycles. The first-order valence-corrected chi connectivity index (χ1v) is 9.78.